The van der Waals surface area contributed by atoms with E-state index in [1.807, 2.05) is 32.7 Å². The highest BCUT2D eigenvalue weighted by atomic mass is 16.2. The highest BCUT2D eigenvalue weighted by molar-refractivity contribution is 5.85. The number of carbonyl (C=O) groups excluding carboxylic acids is 1. The third kappa shape index (κ3) is 2.71. The highest BCUT2D eigenvalue weighted by Crippen LogP contribution is 2.48. The zero-order valence-electron chi connectivity index (χ0n) is 12.3. The second kappa shape index (κ2) is 5.20. The van der Waals surface area contributed by atoms with E-state index >= 15 is 0 Å². The Morgan fingerprint density at radius 3 is 2.56 bits per heavy atom. The quantitative estimate of drug-likeness (QED) is 0.814. The van der Waals surface area contributed by atoms with Gasteiger partial charge in [0.2, 0.25) is 5.91 Å². The number of amides is 1. The molecule has 0 aromatic heterocycles. The standard InChI is InChI=1S/C15H28N2O/c1-5-16-15(2,3)14(18)17(4)10-13-9-11-6-7-12(13)8-11/h11-13,16H,5-10H2,1-4H3. The van der Waals surface area contributed by atoms with Gasteiger partial charge in [0.05, 0.1) is 5.54 Å². The first-order valence-corrected chi connectivity index (χ1v) is 7.44. The molecule has 2 saturated carbocycles. The van der Waals surface area contributed by atoms with Gasteiger partial charge < -0.3 is 10.2 Å². The van der Waals surface area contributed by atoms with Crippen molar-refractivity contribution in [2.75, 3.05) is 20.1 Å². The number of rotatable bonds is 5. The minimum absolute atomic E-state index is 0.229. The zero-order valence-corrected chi connectivity index (χ0v) is 12.3. The van der Waals surface area contributed by atoms with Gasteiger partial charge in [-0.25, -0.2) is 0 Å². The lowest BCUT2D eigenvalue weighted by molar-refractivity contribution is -0.136. The maximum atomic E-state index is 12.4. The summed E-state index contributed by atoms with van der Waals surface area (Å²) < 4.78 is 0. The van der Waals surface area contributed by atoms with Crippen LogP contribution >= 0.6 is 0 Å². The predicted octanol–water partition coefficient (Wildman–Crippen LogP) is 2.27. The lowest BCUT2D eigenvalue weighted by atomic mass is 9.88. The molecule has 3 atom stereocenters. The van der Waals surface area contributed by atoms with Crippen molar-refractivity contribution in [1.82, 2.24) is 10.2 Å². The molecule has 0 aromatic carbocycles. The van der Waals surface area contributed by atoms with E-state index in [2.05, 4.69) is 5.32 Å². The normalized spacial score (nSPS) is 30.8. The summed E-state index contributed by atoms with van der Waals surface area (Å²) in [5, 5.41) is 3.27. The molecule has 104 valence electrons. The van der Waals surface area contributed by atoms with Gasteiger partial charge in [-0.2, -0.15) is 0 Å². The van der Waals surface area contributed by atoms with Gasteiger partial charge >= 0.3 is 0 Å². The van der Waals surface area contributed by atoms with Crippen LogP contribution < -0.4 is 5.32 Å². The van der Waals surface area contributed by atoms with Gasteiger partial charge in [0.15, 0.2) is 0 Å². The van der Waals surface area contributed by atoms with Crippen molar-refractivity contribution in [2.45, 2.75) is 52.0 Å². The molecule has 18 heavy (non-hydrogen) atoms. The number of carbonyl (C=O) groups is 1. The molecule has 2 aliphatic rings. The van der Waals surface area contributed by atoms with Gasteiger partial charge in [-0.05, 0) is 57.4 Å². The molecular weight excluding hydrogens is 224 g/mol. The summed E-state index contributed by atoms with van der Waals surface area (Å²) in [5.41, 5.74) is -0.429. The van der Waals surface area contributed by atoms with Crippen molar-refractivity contribution in [2.24, 2.45) is 17.8 Å². The minimum Gasteiger partial charge on any atom is -0.344 e. The average molecular weight is 252 g/mol. The second-order valence-electron chi connectivity index (χ2n) is 6.78. The van der Waals surface area contributed by atoms with Gasteiger partial charge in [0, 0.05) is 13.6 Å². The predicted molar refractivity (Wildman–Crippen MR) is 74.3 cm³/mol. The smallest absolute Gasteiger partial charge is 0.242 e. The van der Waals surface area contributed by atoms with E-state index in [4.69, 9.17) is 0 Å². The minimum atomic E-state index is -0.429. The van der Waals surface area contributed by atoms with E-state index in [-0.39, 0.29) is 5.91 Å². The van der Waals surface area contributed by atoms with Crippen molar-refractivity contribution in [1.29, 1.82) is 0 Å². The largest absolute Gasteiger partial charge is 0.344 e. The Morgan fingerprint density at radius 1 is 1.33 bits per heavy atom. The fourth-order valence-electron chi connectivity index (χ4n) is 4.03. The van der Waals surface area contributed by atoms with Crippen LogP contribution in [0.1, 0.15) is 46.5 Å². The molecule has 0 spiro atoms. The summed E-state index contributed by atoms with van der Waals surface area (Å²) >= 11 is 0. The van der Waals surface area contributed by atoms with E-state index in [0.29, 0.717) is 0 Å². The Bertz CT molecular complexity index is 314. The summed E-state index contributed by atoms with van der Waals surface area (Å²) in [5.74, 6) is 2.85. The summed E-state index contributed by atoms with van der Waals surface area (Å²) in [6.07, 6.45) is 5.60. The summed E-state index contributed by atoms with van der Waals surface area (Å²) in [7, 11) is 1.97. The number of hydrogen-bond donors (Lipinski definition) is 1. The van der Waals surface area contributed by atoms with Gasteiger partial charge in [-0.15, -0.1) is 0 Å². The number of nitrogens with one attached hydrogen (secondary N) is 1. The zero-order chi connectivity index (χ0) is 13.3. The summed E-state index contributed by atoms with van der Waals surface area (Å²) in [6, 6.07) is 0. The first-order valence-electron chi connectivity index (χ1n) is 7.44. The Hall–Kier alpha value is -0.570. The topological polar surface area (TPSA) is 32.3 Å². The van der Waals surface area contributed by atoms with Crippen molar-refractivity contribution in [3.05, 3.63) is 0 Å². The highest BCUT2D eigenvalue weighted by Gasteiger charge is 2.41. The molecule has 3 unspecified atom stereocenters. The third-order valence-electron chi connectivity index (χ3n) is 4.89. The Morgan fingerprint density at radius 2 is 2.06 bits per heavy atom. The Kier molecular flexibility index (Phi) is 4.00. The van der Waals surface area contributed by atoms with Gasteiger partial charge in [0.25, 0.3) is 0 Å². The molecule has 2 bridgehead atoms. The summed E-state index contributed by atoms with van der Waals surface area (Å²) in [6.45, 7) is 7.80. The van der Waals surface area contributed by atoms with Gasteiger partial charge in [-0.3, -0.25) is 4.79 Å². The molecule has 0 aromatic rings. The molecule has 1 N–H and O–H groups in total. The molecule has 0 heterocycles. The molecule has 0 saturated heterocycles. The van der Waals surface area contributed by atoms with Gasteiger partial charge in [0.1, 0.15) is 0 Å². The van der Waals surface area contributed by atoms with Crippen molar-refractivity contribution < 1.29 is 4.79 Å². The summed E-state index contributed by atoms with van der Waals surface area (Å²) in [4.78, 5) is 14.4. The first kappa shape index (κ1) is 13.9. The van der Waals surface area contributed by atoms with Crippen LogP contribution in [0.3, 0.4) is 0 Å². The molecule has 3 nitrogen and oxygen atoms in total. The van der Waals surface area contributed by atoms with Gasteiger partial charge in [-0.1, -0.05) is 13.3 Å². The van der Waals surface area contributed by atoms with Crippen molar-refractivity contribution in [3.63, 3.8) is 0 Å². The number of hydrogen-bond acceptors (Lipinski definition) is 2. The third-order valence-corrected chi connectivity index (χ3v) is 4.89. The second-order valence-corrected chi connectivity index (χ2v) is 6.78. The van der Waals surface area contributed by atoms with Crippen LogP contribution in [0.15, 0.2) is 0 Å². The molecule has 2 aliphatic carbocycles. The van der Waals surface area contributed by atoms with E-state index in [9.17, 15) is 4.79 Å². The average Bonchev–Trinajstić information content (AvgIpc) is 2.89. The molecule has 0 aliphatic heterocycles. The monoisotopic (exact) mass is 252 g/mol. The van der Waals surface area contributed by atoms with Crippen molar-refractivity contribution >= 4 is 5.91 Å². The van der Waals surface area contributed by atoms with E-state index in [1.54, 1.807) is 0 Å². The molecular formula is C15H28N2O. The van der Waals surface area contributed by atoms with E-state index < -0.39 is 5.54 Å². The van der Waals surface area contributed by atoms with Crippen LogP contribution in [0.2, 0.25) is 0 Å². The Balaban J connectivity index is 1.88. The van der Waals surface area contributed by atoms with Crippen LogP contribution in [0.4, 0.5) is 0 Å². The number of nitrogens with zero attached hydrogens (tertiary/aromatic N) is 1. The van der Waals surface area contributed by atoms with E-state index in [0.717, 1.165) is 30.8 Å². The van der Waals surface area contributed by atoms with Crippen LogP contribution in [0.5, 0.6) is 0 Å². The molecule has 3 heteroatoms. The van der Waals surface area contributed by atoms with Crippen molar-refractivity contribution in [3.8, 4) is 0 Å². The van der Waals surface area contributed by atoms with Crippen LogP contribution in [-0.2, 0) is 4.79 Å². The molecule has 2 fully saturated rings. The SMILES string of the molecule is CCNC(C)(C)C(=O)N(C)CC1CC2CCC1C2. The lowest BCUT2D eigenvalue weighted by Gasteiger charge is -2.33. The fourth-order valence-corrected chi connectivity index (χ4v) is 4.03. The molecule has 1 amide bonds. The molecule has 0 radical (unpaired) electrons. The first-order chi connectivity index (χ1) is 8.44. The van der Waals surface area contributed by atoms with Crippen LogP contribution in [0.25, 0.3) is 0 Å². The maximum absolute atomic E-state index is 12.4. The van der Waals surface area contributed by atoms with E-state index in [1.165, 1.54) is 25.7 Å². The Labute approximate surface area is 111 Å². The maximum Gasteiger partial charge on any atom is 0.242 e. The lowest BCUT2D eigenvalue weighted by Crippen LogP contribution is -2.53. The number of likely N-dealkylation sites (N-methyl/N-ethyl adjacent to an activating group) is 2. The van der Waals surface area contributed by atoms with Crippen LogP contribution in [0, 0.1) is 17.8 Å². The fraction of sp³-hybridized carbons (Fsp3) is 0.933. The van der Waals surface area contributed by atoms with Crippen LogP contribution in [-0.4, -0.2) is 36.5 Å². The number of fused-ring (bicyclic) bond motifs is 2. The molecule has 2 rings (SSSR count).